The highest BCUT2D eigenvalue weighted by Crippen LogP contribution is 2.71. The molecule has 2 nitrogen and oxygen atoms in total. The van der Waals surface area contributed by atoms with Gasteiger partial charge in [-0.25, -0.2) is 4.79 Å². The second kappa shape index (κ2) is 15.8. The highest BCUT2D eigenvalue weighted by atomic mass is 19.4. The molecule has 66 heavy (non-hydrogen) atoms. The molecule has 0 rings (SSSR count). The molecule has 0 unspecified atom stereocenters. The topological polar surface area (TPSA) is 26.3 Å². The Morgan fingerprint density at radius 2 is 0.455 bits per heavy atom. The van der Waals surface area contributed by atoms with Gasteiger partial charge in [0, 0.05) is 5.57 Å². The molecule has 0 aliphatic heterocycles. The molecular weight excluding hydrogens is 1070 g/mol. The van der Waals surface area contributed by atoms with Crippen LogP contribution in [0.2, 0.25) is 0 Å². The monoisotopic (exact) mass is 1080 g/mol. The van der Waals surface area contributed by atoms with Gasteiger partial charge in [0.05, 0.1) is 0 Å². The molecule has 0 N–H and O–H groups in total. The van der Waals surface area contributed by atoms with Gasteiger partial charge in [-0.1, -0.05) is 13.0 Å². The molecule has 0 saturated carbocycles. The molecular formula is C25H9F39O2. The molecule has 0 amide bonds. The molecule has 0 aromatic rings. The number of alkyl halides is 39. The van der Waals surface area contributed by atoms with Gasteiger partial charge in [-0.2, -0.15) is 171 Å². The summed E-state index contributed by atoms with van der Waals surface area (Å²) in [7, 11) is 0. The third kappa shape index (κ3) is 7.36. The Hall–Kier alpha value is -3.52. The Kier molecular flexibility index (Phi) is 14.9. The molecule has 41 heteroatoms. The summed E-state index contributed by atoms with van der Waals surface area (Å²) in [6.45, 7) is 1.09. The van der Waals surface area contributed by atoms with Crippen molar-refractivity contribution in [3.8, 4) is 0 Å². The number of carbonyl (C=O) groups is 1. The van der Waals surface area contributed by atoms with Crippen LogP contribution in [0.15, 0.2) is 11.6 Å². The smallest absolute Gasteiger partial charge is 0.393 e. The van der Waals surface area contributed by atoms with E-state index < -0.39 is 131 Å². The van der Waals surface area contributed by atoms with Crippen LogP contribution in [0.4, 0.5) is 171 Å². The molecule has 0 saturated heterocycles. The normalized spacial score (nSPS) is 17.1. The lowest BCUT2D eigenvalue weighted by atomic mass is 9.82. The summed E-state index contributed by atoms with van der Waals surface area (Å²) in [6.07, 6.45) is -16.7. The Labute approximate surface area is 333 Å². The van der Waals surface area contributed by atoms with Gasteiger partial charge >= 0.3 is 119 Å². The molecule has 0 aromatic carbocycles. The van der Waals surface area contributed by atoms with Gasteiger partial charge in [-0.3, -0.25) is 0 Å². The van der Waals surface area contributed by atoms with Crippen LogP contribution in [0, 0.1) is 0 Å². The first-order valence-electron chi connectivity index (χ1n) is 14.6. The Bertz CT molecular complexity index is 1810. The van der Waals surface area contributed by atoms with E-state index in [1.807, 2.05) is 0 Å². The summed E-state index contributed by atoms with van der Waals surface area (Å²) in [5.41, 5.74) is -1.48. The number of rotatable bonds is 20. The number of esters is 1. The van der Waals surface area contributed by atoms with Crippen LogP contribution in [0.3, 0.4) is 0 Å². The van der Waals surface area contributed by atoms with Gasteiger partial charge in [-0.15, -0.1) is 0 Å². The predicted molar refractivity (Wildman–Crippen MR) is 125 cm³/mol. The largest absolute Gasteiger partial charge is 0.473 e. The standard InChI is InChI=1S/C25H9F39O2/c1-3-4-5(2)6(65)66-25(63,64)23(58,59)21(54,55)19(50,51)17(46,47)15(42,43)13(38,39)11(34,35)9(30,31)7(26,27)8(28,29)10(32,33)12(36,37)14(40,41)16(44,45)18(48,49)20(52,53)22(56,57)24(60,61)62/h4H,3H2,1-2H3. The summed E-state index contributed by atoms with van der Waals surface area (Å²) < 4.78 is 537. The second-order valence-corrected chi connectivity index (χ2v) is 12.5. The molecule has 0 bridgehead atoms. The average molecular weight is 1080 g/mol. The van der Waals surface area contributed by atoms with Crippen molar-refractivity contribution >= 4 is 5.97 Å². The average Bonchev–Trinajstić information content (AvgIpc) is 3.09. The van der Waals surface area contributed by atoms with Crippen LogP contribution in [0.1, 0.15) is 20.3 Å². The van der Waals surface area contributed by atoms with E-state index in [0.717, 1.165) is 6.92 Å². The fourth-order valence-electron chi connectivity index (χ4n) is 3.97. The van der Waals surface area contributed by atoms with Crippen molar-refractivity contribution in [2.45, 2.75) is 133 Å². The molecule has 0 aromatic heterocycles. The van der Waals surface area contributed by atoms with Crippen LogP contribution in [-0.2, 0) is 9.53 Å². The first-order chi connectivity index (χ1) is 27.9. The Morgan fingerprint density at radius 3 is 0.606 bits per heavy atom. The fourth-order valence-corrected chi connectivity index (χ4v) is 3.97. The molecule has 0 fully saturated rings. The third-order valence-corrected chi connectivity index (χ3v) is 8.08. The van der Waals surface area contributed by atoms with Crippen LogP contribution in [0.5, 0.6) is 0 Å². The van der Waals surface area contributed by atoms with Gasteiger partial charge < -0.3 is 4.74 Å². The second-order valence-electron chi connectivity index (χ2n) is 12.5. The lowest BCUT2D eigenvalue weighted by molar-refractivity contribution is -0.496. The van der Waals surface area contributed by atoms with E-state index in [1.165, 1.54) is 0 Å². The molecule has 394 valence electrons. The SMILES string of the molecule is CCC=C(C)C(=O)OC(F)(F)C(F)(F)C(F)(F)C(F)(F)C(F)(F)C(F)(F)C(F)(F)C(F)(F)C(F)(F)C(F)(F)C(F)(F)C(F)(F)C(F)(F)C(F)(F)C(F)(F)C(F)(F)C(F)(F)C(F)(F)C(F)(F)F. The van der Waals surface area contributed by atoms with E-state index in [4.69, 9.17) is 0 Å². The third-order valence-electron chi connectivity index (χ3n) is 8.08. The maximum absolute atomic E-state index is 14.1. The van der Waals surface area contributed by atoms with Gasteiger partial charge in [0.15, 0.2) is 0 Å². The van der Waals surface area contributed by atoms with Crippen molar-refractivity contribution < 1.29 is 181 Å². The van der Waals surface area contributed by atoms with E-state index in [-0.39, 0.29) is 13.0 Å². The molecule has 0 spiro atoms. The highest BCUT2D eigenvalue weighted by molar-refractivity contribution is 5.87. The minimum atomic E-state index is -10.6. The lowest BCUT2D eigenvalue weighted by Crippen LogP contribution is -2.80. The summed E-state index contributed by atoms with van der Waals surface area (Å²) in [5, 5.41) is 0. The van der Waals surface area contributed by atoms with Gasteiger partial charge in [0.2, 0.25) is 0 Å². The number of allylic oxidation sites excluding steroid dienone is 1. The summed E-state index contributed by atoms with van der Waals surface area (Å²) >= 11 is 0. The number of carbonyl (C=O) groups excluding carboxylic acids is 1. The van der Waals surface area contributed by atoms with Crippen LogP contribution in [-0.4, -0.2) is 119 Å². The van der Waals surface area contributed by atoms with Crippen molar-refractivity contribution in [1.29, 1.82) is 0 Å². The summed E-state index contributed by atoms with van der Waals surface area (Å²) in [4.78, 5) is 11.3. The zero-order chi connectivity index (χ0) is 54.8. The zero-order valence-electron chi connectivity index (χ0n) is 29.3. The summed E-state index contributed by atoms with van der Waals surface area (Å²) in [6, 6.07) is 0. The number of hydrogen-bond donors (Lipinski definition) is 0. The predicted octanol–water partition coefficient (Wildman–Crippen LogP) is 13.8. The van der Waals surface area contributed by atoms with E-state index >= 15 is 0 Å². The minimum Gasteiger partial charge on any atom is -0.393 e. The lowest BCUT2D eigenvalue weighted by Gasteiger charge is -2.47. The molecule has 0 radical (unpaired) electrons. The number of ether oxygens (including phenoxy) is 1. The van der Waals surface area contributed by atoms with Crippen LogP contribution in [0.25, 0.3) is 0 Å². The van der Waals surface area contributed by atoms with E-state index in [9.17, 15) is 176 Å². The molecule has 0 heterocycles. The summed E-state index contributed by atoms with van der Waals surface area (Å²) in [5.74, 6) is -174. The fraction of sp³-hybridized carbons (Fsp3) is 0.880. The van der Waals surface area contributed by atoms with Crippen molar-refractivity contribution in [3.63, 3.8) is 0 Å². The number of halogens is 39. The van der Waals surface area contributed by atoms with Crippen LogP contribution < -0.4 is 0 Å². The maximum atomic E-state index is 14.1. The van der Waals surface area contributed by atoms with Crippen molar-refractivity contribution in [1.82, 2.24) is 0 Å². The van der Waals surface area contributed by atoms with Crippen molar-refractivity contribution in [2.24, 2.45) is 0 Å². The first kappa shape index (κ1) is 62.5. The first-order valence-corrected chi connectivity index (χ1v) is 14.6. The van der Waals surface area contributed by atoms with E-state index in [2.05, 4.69) is 4.74 Å². The Balaban J connectivity index is 7.91. The van der Waals surface area contributed by atoms with Crippen LogP contribution >= 0.6 is 0 Å². The molecule has 0 aliphatic carbocycles. The highest BCUT2D eigenvalue weighted by Gasteiger charge is 3.03. The molecule has 0 aliphatic rings. The van der Waals surface area contributed by atoms with Crippen molar-refractivity contribution in [2.75, 3.05) is 0 Å². The van der Waals surface area contributed by atoms with Gasteiger partial charge in [0.1, 0.15) is 0 Å². The Morgan fingerprint density at radius 1 is 0.303 bits per heavy atom. The van der Waals surface area contributed by atoms with Crippen molar-refractivity contribution in [3.05, 3.63) is 11.6 Å². The number of hydrogen-bond acceptors (Lipinski definition) is 2. The van der Waals surface area contributed by atoms with E-state index in [1.54, 1.807) is 0 Å². The zero-order valence-corrected chi connectivity index (χ0v) is 29.3. The minimum absolute atomic E-state index is 0.183. The molecule has 0 atom stereocenters. The quantitative estimate of drug-likeness (QED) is 0.0690. The van der Waals surface area contributed by atoms with Gasteiger partial charge in [-0.05, 0) is 13.3 Å². The van der Waals surface area contributed by atoms with E-state index in [0.29, 0.717) is 0 Å². The van der Waals surface area contributed by atoms with Gasteiger partial charge in [0.25, 0.3) is 0 Å². The maximum Gasteiger partial charge on any atom is 0.473 e.